The minimum Gasteiger partial charge on any atom is -0.480 e. The van der Waals surface area contributed by atoms with Crippen LogP contribution in [-0.2, 0) is 57.4 Å². The van der Waals surface area contributed by atoms with Crippen molar-refractivity contribution < 1.29 is 82.0 Å². The van der Waals surface area contributed by atoms with Crippen LogP contribution in [0, 0.1) is 17.3 Å². The van der Waals surface area contributed by atoms with E-state index in [1.54, 1.807) is 96.9 Å². The first-order valence-electron chi connectivity index (χ1n) is 28.8. The number of amides is 9. The van der Waals surface area contributed by atoms with E-state index >= 15 is 0 Å². The minimum absolute atomic E-state index is 0.00163. The first kappa shape index (κ1) is 75.9. The fourth-order valence-corrected chi connectivity index (χ4v) is 8.44. The van der Waals surface area contributed by atoms with E-state index in [0.29, 0.717) is 5.70 Å². The third-order valence-corrected chi connectivity index (χ3v) is 12.3. The molecule has 1 saturated carbocycles. The number of carbonyl (C=O) groups is 12. The van der Waals surface area contributed by atoms with Crippen LogP contribution in [0.5, 0.6) is 0 Å². The fraction of sp³-hybridized carbons (Fsp3) is 0.754. The smallest absolute Gasteiger partial charge is 0.407 e. The fourth-order valence-electron chi connectivity index (χ4n) is 8.44. The summed E-state index contributed by atoms with van der Waals surface area (Å²) in [6.07, 6.45) is -4.78. The summed E-state index contributed by atoms with van der Waals surface area (Å²) in [4.78, 5) is 160. The molecule has 0 spiro atoms. The zero-order valence-corrected chi connectivity index (χ0v) is 52.9. The van der Waals surface area contributed by atoms with Gasteiger partial charge in [-0.05, 0) is 132 Å². The van der Waals surface area contributed by atoms with Gasteiger partial charge in [0.15, 0.2) is 17.6 Å². The molecule has 0 radical (unpaired) electrons. The highest BCUT2D eigenvalue weighted by Gasteiger charge is 2.38. The molecule has 0 unspecified atom stereocenters. The van der Waals surface area contributed by atoms with Crippen molar-refractivity contribution in [2.75, 3.05) is 26.2 Å². The van der Waals surface area contributed by atoms with Gasteiger partial charge >= 0.3 is 24.2 Å². The number of carbonyl (C=O) groups excluding carboxylic acids is 11. The van der Waals surface area contributed by atoms with Crippen LogP contribution in [0.15, 0.2) is 11.3 Å². The number of nitrogens with one attached hydrogen (secondary N) is 10. The highest BCUT2D eigenvalue weighted by molar-refractivity contribution is 6.22. The highest BCUT2D eigenvalue weighted by Crippen LogP contribution is 2.34. The zero-order valence-electron chi connectivity index (χ0n) is 52.9. The lowest BCUT2D eigenvalue weighted by Gasteiger charge is -2.29. The van der Waals surface area contributed by atoms with Crippen molar-refractivity contribution in [3.05, 3.63) is 11.3 Å². The van der Waals surface area contributed by atoms with Crippen molar-refractivity contribution in [1.29, 1.82) is 0 Å². The van der Waals surface area contributed by atoms with E-state index < -0.39 is 130 Å². The van der Waals surface area contributed by atoms with Gasteiger partial charge in [0.25, 0.3) is 0 Å². The quantitative estimate of drug-likeness (QED) is 0.0267. The lowest BCUT2D eigenvalue weighted by Crippen LogP contribution is -2.61. The Morgan fingerprint density at radius 2 is 0.788 bits per heavy atom. The Labute approximate surface area is 499 Å². The van der Waals surface area contributed by atoms with E-state index in [1.165, 1.54) is 0 Å². The summed E-state index contributed by atoms with van der Waals surface area (Å²) in [6.45, 7) is 27.3. The lowest BCUT2D eigenvalue weighted by atomic mass is 9.73. The summed E-state index contributed by atoms with van der Waals surface area (Å²) in [5, 5.41) is 45.5. The number of rotatable bonds is 31. The Kier molecular flexibility index (Phi) is 30.5. The molecule has 1 aliphatic carbocycles. The average molecular weight is 1210 g/mol. The minimum atomic E-state index is -1.83. The first-order chi connectivity index (χ1) is 38.9. The Morgan fingerprint density at radius 3 is 1.09 bits per heavy atom. The SMILES string of the molecule is CC(NCC[C@H](N)C(=O)N[C@@H](CCNC(=O)OC(C)(C)C)C(=O)N[C@H](CC(C)C)C(=O)N[C@@H](CC(C)C)C(=O)N[C@@H](CCNC(=O)OC(C)(C)C)C(=O)N[C@@H](CCNC(=O)OC(C)(C)C)C(=O)N[C@H](C(=O)O)[C@@H](C)O)=C1C(=O)CC(C)(C)CC1=O. The number of hydrogen-bond acceptors (Lipinski definition) is 18. The second-order valence-electron chi connectivity index (χ2n) is 26.0. The summed E-state index contributed by atoms with van der Waals surface area (Å²) < 4.78 is 15.9. The normalized spacial score (nSPS) is 16.3. The van der Waals surface area contributed by atoms with E-state index in [2.05, 4.69) is 53.2 Å². The molecule has 0 aromatic rings. The number of hydrogen-bond donors (Lipinski definition) is 13. The number of Topliss-reactive ketones (excluding diaryl/α,β-unsaturated/α-hetero) is 2. The van der Waals surface area contributed by atoms with Crippen molar-refractivity contribution in [2.24, 2.45) is 23.0 Å². The molecule has 484 valence electrons. The standard InChI is InChI=1S/C57H99N11O17/c1-30(2)26-38(48(76)65-36(20-24-61-52(81)84-55(10,11)12)45(73)64-37(21-25-62-53(82)85-56(13,14)15)47(75)68-43(33(6)69)50(78)79)67-49(77)39(27-31(3)4)66-46(74)35(19-23-60-51(80)83-54(7,8)9)63-44(72)34(58)18-22-59-32(5)42-40(70)28-57(16,17)29-41(42)71/h30-31,33-39,43,59,69H,18-29,58H2,1-17H3,(H,60,80)(H,61,81)(H,62,82)(H,63,72)(H,64,73)(H,65,76)(H,66,74)(H,67,77)(H,68,75)(H,78,79)/t33-,34+,35+,36+,37+,38+,39-,43+/m1/s1. The summed E-state index contributed by atoms with van der Waals surface area (Å²) >= 11 is 0. The molecule has 0 bridgehead atoms. The van der Waals surface area contributed by atoms with Crippen LogP contribution in [0.3, 0.4) is 0 Å². The number of alkyl carbamates (subject to hydrolysis) is 3. The van der Waals surface area contributed by atoms with Crippen molar-refractivity contribution in [1.82, 2.24) is 53.2 Å². The van der Waals surface area contributed by atoms with Gasteiger partial charge in [-0.2, -0.15) is 0 Å². The van der Waals surface area contributed by atoms with Gasteiger partial charge in [-0.1, -0.05) is 41.5 Å². The molecule has 9 amide bonds. The van der Waals surface area contributed by atoms with Gasteiger partial charge in [-0.3, -0.25) is 38.4 Å². The maximum absolute atomic E-state index is 14.5. The van der Waals surface area contributed by atoms with Crippen LogP contribution in [-0.4, -0.2) is 173 Å². The van der Waals surface area contributed by atoms with E-state index in [4.69, 9.17) is 19.9 Å². The predicted octanol–water partition coefficient (Wildman–Crippen LogP) is 1.74. The molecule has 28 heteroatoms. The molecule has 1 rings (SSSR count). The summed E-state index contributed by atoms with van der Waals surface area (Å²) in [6, 6.07) is -10.5. The monoisotopic (exact) mass is 1210 g/mol. The average Bonchev–Trinajstić information content (AvgIpc) is 3.17. The van der Waals surface area contributed by atoms with Gasteiger partial charge in [0, 0.05) is 44.7 Å². The molecule has 0 aliphatic heterocycles. The van der Waals surface area contributed by atoms with Gasteiger partial charge in [0.1, 0.15) is 47.0 Å². The summed E-state index contributed by atoms with van der Waals surface area (Å²) in [7, 11) is 0. The van der Waals surface area contributed by atoms with Crippen LogP contribution in [0.4, 0.5) is 14.4 Å². The van der Waals surface area contributed by atoms with Crippen LogP contribution < -0.4 is 58.9 Å². The van der Waals surface area contributed by atoms with E-state index in [0.717, 1.165) is 6.92 Å². The third kappa shape index (κ3) is 31.0. The third-order valence-electron chi connectivity index (χ3n) is 12.3. The molecule has 0 heterocycles. The van der Waals surface area contributed by atoms with E-state index in [1.807, 2.05) is 13.8 Å². The molecular weight excluding hydrogens is 1110 g/mol. The molecular formula is C57H99N11O17. The number of aliphatic hydroxyl groups excluding tert-OH is 1. The molecule has 0 aromatic carbocycles. The molecule has 1 fully saturated rings. The highest BCUT2D eigenvalue weighted by atomic mass is 16.6. The van der Waals surface area contributed by atoms with Crippen LogP contribution in [0.2, 0.25) is 0 Å². The number of ether oxygens (including phenoxy) is 3. The topological polar surface area (TPSA) is 419 Å². The number of allylic oxidation sites excluding steroid dienone is 2. The maximum atomic E-state index is 14.5. The largest absolute Gasteiger partial charge is 0.480 e. The number of nitrogens with two attached hydrogens (primary N) is 1. The van der Waals surface area contributed by atoms with Gasteiger partial charge in [0.05, 0.1) is 17.7 Å². The number of ketones is 2. The zero-order chi connectivity index (χ0) is 65.5. The van der Waals surface area contributed by atoms with Crippen LogP contribution in [0.25, 0.3) is 0 Å². The second kappa shape index (κ2) is 34.1. The Hall–Kier alpha value is -7.10. The molecule has 0 aromatic heterocycles. The number of aliphatic hydroxyl groups is 1. The number of carboxylic acid groups (broad SMARTS) is 1. The molecule has 85 heavy (non-hydrogen) atoms. The summed E-state index contributed by atoms with van der Waals surface area (Å²) in [5.41, 5.74) is 3.53. The maximum Gasteiger partial charge on any atom is 0.407 e. The van der Waals surface area contributed by atoms with E-state index in [9.17, 15) is 67.7 Å². The van der Waals surface area contributed by atoms with Crippen molar-refractivity contribution in [3.8, 4) is 0 Å². The van der Waals surface area contributed by atoms with Gasteiger partial charge in [-0.15, -0.1) is 0 Å². The Balaban J connectivity index is 3.63. The van der Waals surface area contributed by atoms with Gasteiger partial charge < -0.3 is 83.3 Å². The lowest BCUT2D eigenvalue weighted by molar-refractivity contribution is -0.145. The van der Waals surface area contributed by atoms with Gasteiger partial charge in [0.2, 0.25) is 35.4 Å². The molecule has 1 aliphatic rings. The Bertz CT molecular complexity index is 2370. The van der Waals surface area contributed by atoms with Crippen LogP contribution >= 0.6 is 0 Å². The van der Waals surface area contributed by atoms with Crippen molar-refractivity contribution >= 4 is 71.3 Å². The molecule has 28 nitrogen and oxygen atoms in total. The number of carboxylic acids is 1. The first-order valence-corrected chi connectivity index (χ1v) is 28.8. The van der Waals surface area contributed by atoms with Crippen LogP contribution in [0.1, 0.15) is 169 Å². The molecule has 14 N–H and O–H groups in total. The van der Waals surface area contributed by atoms with Gasteiger partial charge in [-0.25, -0.2) is 19.2 Å². The molecule has 0 saturated heterocycles. The Morgan fingerprint density at radius 1 is 0.494 bits per heavy atom. The second-order valence-corrected chi connectivity index (χ2v) is 26.0. The predicted molar refractivity (Wildman–Crippen MR) is 313 cm³/mol. The number of aliphatic carboxylic acids is 1. The molecule has 8 atom stereocenters. The summed E-state index contributed by atoms with van der Waals surface area (Å²) in [5.74, 6) is -8.30. The van der Waals surface area contributed by atoms with Crippen molar-refractivity contribution in [3.63, 3.8) is 0 Å². The van der Waals surface area contributed by atoms with Crippen molar-refractivity contribution in [2.45, 2.75) is 234 Å². The van der Waals surface area contributed by atoms with E-state index in [-0.39, 0.29) is 107 Å².